The molecule has 0 aliphatic carbocycles. The van der Waals surface area contributed by atoms with E-state index in [1.165, 1.54) is 10.5 Å². The van der Waals surface area contributed by atoms with E-state index in [2.05, 4.69) is 4.98 Å². The zero-order valence-corrected chi connectivity index (χ0v) is 8.28. The maximum absolute atomic E-state index is 13.1. The van der Waals surface area contributed by atoms with Gasteiger partial charge >= 0.3 is 57.4 Å². The molecule has 0 saturated heterocycles. The molecular formula is C10H10FKN2O2. The van der Waals surface area contributed by atoms with Crippen molar-refractivity contribution in [2.75, 3.05) is 0 Å². The Kier molecular flexibility index (Phi) is 4.25. The number of imidazole rings is 1. The van der Waals surface area contributed by atoms with Crippen molar-refractivity contribution in [1.29, 1.82) is 0 Å². The molecule has 0 radical (unpaired) electrons. The predicted molar refractivity (Wildman–Crippen MR) is 58.7 cm³/mol. The second-order valence-corrected chi connectivity index (χ2v) is 3.39. The van der Waals surface area contributed by atoms with Crippen molar-refractivity contribution in [3.8, 4) is 0 Å². The normalized spacial score (nSPS) is 10.2. The molecule has 0 unspecified atom stereocenters. The third-order valence-electron chi connectivity index (χ3n) is 2.25. The van der Waals surface area contributed by atoms with Gasteiger partial charge in [-0.1, -0.05) is 0 Å². The van der Waals surface area contributed by atoms with E-state index in [4.69, 9.17) is 5.11 Å². The van der Waals surface area contributed by atoms with Crippen LogP contribution in [-0.2, 0) is 0 Å². The topological polar surface area (TPSA) is 54.6 Å². The Hall–Kier alpha value is -0.274. The summed E-state index contributed by atoms with van der Waals surface area (Å²) in [6, 6.07) is 1.33. The van der Waals surface area contributed by atoms with Crippen LogP contribution in [-0.4, -0.2) is 71.8 Å². The van der Waals surface area contributed by atoms with E-state index < -0.39 is 11.8 Å². The molecule has 2 aromatic rings. The maximum atomic E-state index is 13.1. The van der Waals surface area contributed by atoms with Crippen LogP contribution in [0.15, 0.2) is 12.3 Å². The Morgan fingerprint density at radius 1 is 1.50 bits per heavy atom. The van der Waals surface area contributed by atoms with Crippen molar-refractivity contribution in [1.82, 2.24) is 9.38 Å². The summed E-state index contributed by atoms with van der Waals surface area (Å²) in [6.45, 7) is 3.28. The van der Waals surface area contributed by atoms with E-state index in [1.54, 1.807) is 13.8 Å². The Bertz CT molecular complexity index is 565. The summed E-state index contributed by atoms with van der Waals surface area (Å²) in [7, 11) is 0. The van der Waals surface area contributed by atoms with Gasteiger partial charge in [0.15, 0.2) is 5.69 Å². The van der Waals surface area contributed by atoms with Gasteiger partial charge in [0.05, 0.1) is 5.69 Å². The number of fused-ring (bicyclic) bond motifs is 1. The summed E-state index contributed by atoms with van der Waals surface area (Å²) in [4.78, 5) is 15.0. The molecule has 0 spiro atoms. The molecule has 0 amide bonds. The van der Waals surface area contributed by atoms with Crippen LogP contribution in [0.3, 0.4) is 0 Å². The molecule has 16 heavy (non-hydrogen) atoms. The summed E-state index contributed by atoms with van der Waals surface area (Å²) in [6.07, 6.45) is 1.13. The fourth-order valence-electron chi connectivity index (χ4n) is 1.64. The van der Waals surface area contributed by atoms with Gasteiger partial charge in [0.2, 0.25) is 0 Å². The molecule has 2 aromatic heterocycles. The van der Waals surface area contributed by atoms with Gasteiger partial charge in [-0.25, -0.2) is 14.2 Å². The molecule has 0 aliphatic rings. The second kappa shape index (κ2) is 4.93. The molecule has 0 aliphatic heterocycles. The fourth-order valence-corrected chi connectivity index (χ4v) is 1.64. The van der Waals surface area contributed by atoms with Gasteiger partial charge in [0, 0.05) is 6.20 Å². The molecule has 0 fully saturated rings. The first-order chi connectivity index (χ1) is 7.00. The van der Waals surface area contributed by atoms with Crippen molar-refractivity contribution < 1.29 is 14.3 Å². The number of carboxylic acid groups (broad SMARTS) is 1. The van der Waals surface area contributed by atoms with Gasteiger partial charge in [-0.05, 0) is 25.5 Å². The first-order valence-corrected chi connectivity index (χ1v) is 4.39. The summed E-state index contributed by atoms with van der Waals surface area (Å²) in [5.41, 5.74) is 1.49. The van der Waals surface area contributed by atoms with E-state index in [-0.39, 0.29) is 57.1 Å². The number of hydrogen-bond donors (Lipinski definition) is 1. The van der Waals surface area contributed by atoms with Crippen molar-refractivity contribution in [3.05, 3.63) is 35.0 Å². The third-order valence-corrected chi connectivity index (χ3v) is 2.25. The van der Waals surface area contributed by atoms with Crippen LogP contribution in [0, 0.1) is 19.7 Å². The third kappa shape index (κ3) is 2.21. The van der Waals surface area contributed by atoms with Crippen molar-refractivity contribution >= 4 is 63.0 Å². The first kappa shape index (κ1) is 13.8. The summed E-state index contributed by atoms with van der Waals surface area (Å²) in [5, 5.41) is 8.95. The van der Waals surface area contributed by atoms with Crippen molar-refractivity contribution in [3.63, 3.8) is 0 Å². The van der Waals surface area contributed by atoms with Crippen LogP contribution >= 0.6 is 0 Å². The SMILES string of the molecule is Cc1nc2c(C)cc(F)cn2c1C(=O)O.[KH]. The molecule has 0 aromatic carbocycles. The number of nitrogens with zero attached hydrogens (tertiary/aromatic N) is 2. The van der Waals surface area contributed by atoms with Gasteiger partial charge in [0.25, 0.3) is 0 Å². The molecule has 4 nitrogen and oxygen atoms in total. The molecule has 0 saturated carbocycles. The molecule has 80 valence electrons. The van der Waals surface area contributed by atoms with Crippen LogP contribution in [0.1, 0.15) is 21.7 Å². The quantitative estimate of drug-likeness (QED) is 0.770. The minimum absolute atomic E-state index is 0. The van der Waals surface area contributed by atoms with Gasteiger partial charge in [-0.2, -0.15) is 0 Å². The van der Waals surface area contributed by atoms with E-state index >= 15 is 0 Å². The molecule has 0 atom stereocenters. The fraction of sp³-hybridized carbons (Fsp3) is 0.200. The van der Waals surface area contributed by atoms with E-state index in [0.717, 1.165) is 6.20 Å². The number of aromatic nitrogens is 2. The summed E-state index contributed by atoms with van der Waals surface area (Å²) < 4.78 is 14.4. The monoisotopic (exact) mass is 248 g/mol. The van der Waals surface area contributed by atoms with Crippen LogP contribution < -0.4 is 0 Å². The average Bonchev–Trinajstić information content (AvgIpc) is 2.41. The predicted octanol–water partition coefficient (Wildman–Crippen LogP) is 1.14. The van der Waals surface area contributed by atoms with E-state index in [1.807, 2.05) is 0 Å². The van der Waals surface area contributed by atoms with Crippen LogP contribution in [0.5, 0.6) is 0 Å². The Morgan fingerprint density at radius 2 is 2.12 bits per heavy atom. The zero-order valence-electron chi connectivity index (χ0n) is 8.28. The molecule has 1 N–H and O–H groups in total. The number of hydrogen-bond acceptors (Lipinski definition) is 2. The summed E-state index contributed by atoms with van der Waals surface area (Å²) >= 11 is 0. The zero-order chi connectivity index (χ0) is 11.2. The standard InChI is InChI=1S/C10H9FN2O2.K.H/c1-5-3-7(11)4-13-8(10(14)15)6(2)12-9(5)13;;/h3-4H,1-2H3,(H,14,15);;. The average molecular weight is 248 g/mol. The number of aromatic carboxylic acids is 1. The van der Waals surface area contributed by atoms with Crippen molar-refractivity contribution in [2.24, 2.45) is 0 Å². The number of pyridine rings is 1. The molecule has 2 heterocycles. The number of rotatable bonds is 1. The number of aryl methyl sites for hydroxylation is 2. The van der Waals surface area contributed by atoms with Gasteiger partial charge < -0.3 is 5.11 Å². The van der Waals surface area contributed by atoms with Gasteiger partial charge in [-0.3, -0.25) is 4.40 Å². The number of carboxylic acids is 1. The van der Waals surface area contributed by atoms with Crippen molar-refractivity contribution in [2.45, 2.75) is 13.8 Å². The van der Waals surface area contributed by atoms with Crippen LogP contribution in [0.4, 0.5) is 4.39 Å². The van der Waals surface area contributed by atoms with E-state index in [0.29, 0.717) is 16.9 Å². The van der Waals surface area contributed by atoms with Gasteiger partial charge in [-0.15, -0.1) is 0 Å². The van der Waals surface area contributed by atoms with E-state index in [9.17, 15) is 9.18 Å². The number of halogens is 1. The molecule has 0 bridgehead atoms. The Morgan fingerprint density at radius 3 is 2.69 bits per heavy atom. The minimum atomic E-state index is -1.11. The molecule has 2 rings (SSSR count). The molecule has 6 heteroatoms. The summed E-state index contributed by atoms with van der Waals surface area (Å²) in [5.74, 6) is -1.58. The Balaban J connectivity index is 0.00000128. The van der Waals surface area contributed by atoms with Crippen LogP contribution in [0.2, 0.25) is 0 Å². The second-order valence-electron chi connectivity index (χ2n) is 3.39. The number of carbonyl (C=O) groups is 1. The first-order valence-electron chi connectivity index (χ1n) is 4.39. The van der Waals surface area contributed by atoms with Gasteiger partial charge in [0.1, 0.15) is 11.5 Å². The molecular weight excluding hydrogens is 238 g/mol. The Labute approximate surface area is 134 Å². The van der Waals surface area contributed by atoms with Crippen LogP contribution in [0.25, 0.3) is 5.65 Å².